The Kier molecular flexibility index (Phi) is 6.52. The maximum atomic E-state index is 14.0. The van der Waals surface area contributed by atoms with Crippen molar-refractivity contribution in [1.29, 1.82) is 0 Å². The standard InChI is InChI=1S/C17H22F2N2O2/c18-13(8-9-20)11-23-16-7-6-12(10-15(16)19)17(22)21-14-4-2-1-3-5-14/h6-8,10,14H,1-5,9,11,20H2,(H,21,22)/b13-8-. The Morgan fingerprint density at radius 1 is 1.35 bits per heavy atom. The first kappa shape index (κ1) is 17.4. The molecule has 0 radical (unpaired) electrons. The second kappa shape index (κ2) is 8.62. The number of hydrogen-bond donors (Lipinski definition) is 2. The van der Waals surface area contributed by atoms with Gasteiger partial charge in [-0.1, -0.05) is 19.3 Å². The lowest BCUT2D eigenvalue weighted by Crippen LogP contribution is -2.36. The van der Waals surface area contributed by atoms with Crippen LogP contribution >= 0.6 is 0 Å². The van der Waals surface area contributed by atoms with Gasteiger partial charge in [-0.2, -0.15) is 0 Å². The second-order valence-electron chi connectivity index (χ2n) is 5.63. The number of halogens is 2. The highest BCUT2D eigenvalue weighted by molar-refractivity contribution is 5.94. The van der Waals surface area contributed by atoms with E-state index in [4.69, 9.17) is 10.5 Å². The lowest BCUT2D eigenvalue weighted by Gasteiger charge is -2.22. The Labute approximate surface area is 134 Å². The molecule has 23 heavy (non-hydrogen) atoms. The Hall–Kier alpha value is -1.95. The molecule has 126 valence electrons. The number of amides is 1. The van der Waals surface area contributed by atoms with Crippen molar-refractivity contribution in [3.8, 4) is 5.75 Å². The van der Waals surface area contributed by atoms with Crippen molar-refractivity contribution in [3.63, 3.8) is 0 Å². The number of ether oxygens (including phenoxy) is 1. The number of benzene rings is 1. The number of rotatable bonds is 6. The highest BCUT2D eigenvalue weighted by Gasteiger charge is 2.17. The predicted octanol–water partition coefficient (Wildman–Crippen LogP) is 3.08. The molecule has 0 spiro atoms. The van der Waals surface area contributed by atoms with Crippen molar-refractivity contribution in [1.82, 2.24) is 5.32 Å². The first-order valence-corrected chi connectivity index (χ1v) is 7.88. The molecule has 1 amide bonds. The Bertz CT molecular complexity index is 570. The molecule has 4 nitrogen and oxygen atoms in total. The van der Waals surface area contributed by atoms with Crippen molar-refractivity contribution in [3.05, 3.63) is 41.5 Å². The van der Waals surface area contributed by atoms with E-state index in [1.165, 1.54) is 18.6 Å². The van der Waals surface area contributed by atoms with E-state index in [-0.39, 0.29) is 36.4 Å². The maximum absolute atomic E-state index is 14.0. The first-order chi connectivity index (χ1) is 11.1. The van der Waals surface area contributed by atoms with Gasteiger partial charge in [-0.25, -0.2) is 8.78 Å². The second-order valence-corrected chi connectivity index (χ2v) is 5.63. The van der Waals surface area contributed by atoms with Crippen LogP contribution in [0.4, 0.5) is 8.78 Å². The van der Waals surface area contributed by atoms with Crippen molar-refractivity contribution in [2.24, 2.45) is 5.73 Å². The number of nitrogens with one attached hydrogen (secondary N) is 1. The SMILES string of the molecule is NC/C=C(\F)COc1ccc(C(=O)NC2CCCCC2)cc1F. The third-order valence-electron chi connectivity index (χ3n) is 3.84. The molecule has 2 rings (SSSR count). The third-order valence-corrected chi connectivity index (χ3v) is 3.84. The number of carbonyl (C=O) groups excluding carboxylic acids is 1. The fourth-order valence-electron chi connectivity index (χ4n) is 2.61. The number of nitrogens with two attached hydrogens (primary N) is 1. The summed E-state index contributed by atoms with van der Waals surface area (Å²) in [5.74, 6) is -1.65. The van der Waals surface area contributed by atoms with Crippen LogP contribution in [0, 0.1) is 5.82 Å². The van der Waals surface area contributed by atoms with Crippen LogP contribution in [0.25, 0.3) is 0 Å². The van der Waals surface area contributed by atoms with Gasteiger partial charge < -0.3 is 15.8 Å². The summed E-state index contributed by atoms with van der Waals surface area (Å²) < 4.78 is 32.1. The quantitative estimate of drug-likeness (QED) is 0.845. The average molecular weight is 324 g/mol. The van der Waals surface area contributed by atoms with Crippen molar-refractivity contribution in [2.45, 2.75) is 38.1 Å². The van der Waals surface area contributed by atoms with E-state index in [2.05, 4.69) is 5.32 Å². The molecule has 6 heteroatoms. The van der Waals surface area contributed by atoms with Gasteiger partial charge in [-0.05, 0) is 37.1 Å². The lowest BCUT2D eigenvalue weighted by atomic mass is 9.95. The van der Waals surface area contributed by atoms with Gasteiger partial charge in [0, 0.05) is 18.2 Å². The van der Waals surface area contributed by atoms with Gasteiger partial charge in [0.1, 0.15) is 12.4 Å². The molecule has 0 atom stereocenters. The Balaban J connectivity index is 1.95. The summed E-state index contributed by atoms with van der Waals surface area (Å²) in [6.07, 6.45) is 6.48. The van der Waals surface area contributed by atoms with Crippen LogP contribution < -0.4 is 15.8 Å². The van der Waals surface area contributed by atoms with E-state index in [9.17, 15) is 13.6 Å². The van der Waals surface area contributed by atoms with Crippen molar-refractivity contribution in [2.75, 3.05) is 13.2 Å². The fourth-order valence-corrected chi connectivity index (χ4v) is 2.61. The Morgan fingerprint density at radius 2 is 2.09 bits per heavy atom. The summed E-state index contributed by atoms with van der Waals surface area (Å²) in [5, 5.41) is 2.92. The molecule has 0 saturated heterocycles. The van der Waals surface area contributed by atoms with Gasteiger partial charge in [-0.15, -0.1) is 0 Å². The monoisotopic (exact) mass is 324 g/mol. The molecular formula is C17H22F2N2O2. The largest absolute Gasteiger partial charge is 0.483 e. The summed E-state index contributed by atoms with van der Waals surface area (Å²) >= 11 is 0. The third kappa shape index (κ3) is 5.32. The topological polar surface area (TPSA) is 64.3 Å². The first-order valence-electron chi connectivity index (χ1n) is 7.88. The maximum Gasteiger partial charge on any atom is 0.251 e. The molecule has 1 aliphatic rings. The smallest absolute Gasteiger partial charge is 0.251 e. The van der Waals surface area contributed by atoms with E-state index >= 15 is 0 Å². The highest BCUT2D eigenvalue weighted by atomic mass is 19.1. The summed E-state index contributed by atoms with van der Waals surface area (Å²) in [6.45, 7) is -0.334. The number of carbonyl (C=O) groups is 1. The highest BCUT2D eigenvalue weighted by Crippen LogP contribution is 2.21. The summed E-state index contributed by atoms with van der Waals surface area (Å²) in [6, 6.07) is 4.07. The average Bonchev–Trinajstić information content (AvgIpc) is 2.55. The predicted molar refractivity (Wildman–Crippen MR) is 84.5 cm³/mol. The van der Waals surface area contributed by atoms with Crippen LogP contribution in [0.1, 0.15) is 42.5 Å². The summed E-state index contributed by atoms with van der Waals surface area (Å²) in [4.78, 5) is 12.1. The van der Waals surface area contributed by atoms with Gasteiger partial charge in [0.2, 0.25) is 0 Å². The zero-order chi connectivity index (χ0) is 16.7. The number of hydrogen-bond acceptors (Lipinski definition) is 3. The zero-order valence-electron chi connectivity index (χ0n) is 13.0. The molecule has 0 aliphatic heterocycles. The van der Waals surface area contributed by atoms with Crippen LogP contribution in [-0.4, -0.2) is 25.1 Å². The lowest BCUT2D eigenvalue weighted by molar-refractivity contribution is 0.0927. The van der Waals surface area contributed by atoms with Crippen LogP contribution in [0.15, 0.2) is 30.1 Å². The summed E-state index contributed by atoms with van der Waals surface area (Å²) in [7, 11) is 0. The van der Waals surface area contributed by atoms with E-state index in [1.54, 1.807) is 0 Å². The van der Waals surface area contributed by atoms with Gasteiger partial charge in [-0.3, -0.25) is 4.79 Å². The molecule has 1 fully saturated rings. The van der Waals surface area contributed by atoms with E-state index in [0.29, 0.717) is 0 Å². The molecule has 0 unspecified atom stereocenters. The molecule has 0 aromatic heterocycles. The van der Waals surface area contributed by atoms with Crippen LogP contribution in [0.5, 0.6) is 5.75 Å². The van der Waals surface area contributed by atoms with Gasteiger partial charge in [0.15, 0.2) is 11.6 Å². The minimum absolute atomic E-state index is 0.0535. The van der Waals surface area contributed by atoms with Crippen LogP contribution in [0.3, 0.4) is 0 Å². The molecule has 3 N–H and O–H groups in total. The minimum Gasteiger partial charge on any atom is -0.483 e. The van der Waals surface area contributed by atoms with Crippen LogP contribution in [-0.2, 0) is 0 Å². The zero-order valence-corrected chi connectivity index (χ0v) is 13.0. The minimum atomic E-state index is -0.693. The van der Waals surface area contributed by atoms with Gasteiger partial charge >= 0.3 is 0 Å². The van der Waals surface area contributed by atoms with Crippen molar-refractivity contribution >= 4 is 5.91 Å². The van der Waals surface area contributed by atoms with Crippen molar-refractivity contribution < 1.29 is 18.3 Å². The molecule has 1 aliphatic carbocycles. The molecule has 0 heterocycles. The van der Waals surface area contributed by atoms with Crippen LogP contribution in [0.2, 0.25) is 0 Å². The molecule has 1 aromatic carbocycles. The van der Waals surface area contributed by atoms with Gasteiger partial charge in [0.25, 0.3) is 5.91 Å². The molecule has 1 saturated carbocycles. The molecule has 1 aromatic rings. The summed E-state index contributed by atoms with van der Waals surface area (Å²) in [5.41, 5.74) is 5.40. The van der Waals surface area contributed by atoms with E-state index < -0.39 is 11.6 Å². The Morgan fingerprint density at radius 3 is 2.74 bits per heavy atom. The van der Waals surface area contributed by atoms with E-state index in [1.807, 2.05) is 0 Å². The van der Waals surface area contributed by atoms with E-state index in [0.717, 1.165) is 37.8 Å². The van der Waals surface area contributed by atoms with Gasteiger partial charge in [0.05, 0.1) is 0 Å². The molecule has 0 bridgehead atoms. The fraction of sp³-hybridized carbons (Fsp3) is 0.471. The molecular weight excluding hydrogens is 302 g/mol. The normalized spacial score (nSPS) is 16.2.